The summed E-state index contributed by atoms with van der Waals surface area (Å²) in [4.78, 5) is 11.7. The van der Waals surface area contributed by atoms with Gasteiger partial charge in [-0.3, -0.25) is 4.79 Å². The van der Waals surface area contributed by atoms with Crippen LogP contribution in [0.3, 0.4) is 0 Å². The Balaban J connectivity index is 2.24. The summed E-state index contributed by atoms with van der Waals surface area (Å²) in [5.74, 6) is -1.71. The van der Waals surface area contributed by atoms with Crippen molar-refractivity contribution < 1.29 is 13.6 Å². The molecule has 1 heterocycles. The number of nitrogens with one attached hydrogen (secondary N) is 1. The Morgan fingerprint density at radius 3 is 2.69 bits per heavy atom. The lowest BCUT2D eigenvalue weighted by Crippen LogP contribution is -2.43. The zero-order valence-electron chi connectivity index (χ0n) is 9.02. The lowest BCUT2D eigenvalue weighted by atomic mass is 9.93. The Bertz CT molecular complexity index is 427. The van der Waals surface area contributed by atoms with E-state index in [-0.39, 0.29) is 17.9 Å². The van der Waals surface area contributed by atoms with Crippen LogP contribution in [-0.2, 0) is 0 Å². The maximum Gasteiger partial charge on any atom is 0.169 e. The molecule has 1 aromatic carbocycles. The second-order valence-electron chi connectivity index (χ2n) is 4.20. The third-order valence-corrected chi connectivity index (χ3v) is 2.90. The van der Waals surface area contributed by atoms with E-state index in [2.05, 4.69) is 5.32 Å². The molecule has 1 fully saturated rings. The number of carbonyl (C=O) groups is 1. The predicted octanol–water partition coefficient (Wildman–Crippen LogP) is 2.07. The van der Waals surface area contributed by atoms with Crippen molar-refractivity contribution in [3.8, 4) is 0 Å². The third-order valence-electron chi connectivity index (χ3n) is 2.90. The maximum absolute atomic E-state index is 13.6. The van der Waals surface area contributed by atoms with Crippen molar-refractivity contribution in [3.63, 3.8) is 0 Å². The first-order valence-corrected chi connectivity index (χ1v) is 5.28. The van der Waals surface area contributed by atoms with Crippen LogP contribution in [0.4, 0.5) is 8.78 Å². The van der Waals surface area contributed by atoms with Gasteiger partial charge in [-0.25, -0.2) is 8.78 Å². The van der Waals surface area contributed by atoms with E-state index in [1.54, 1.807) is 0 Å². The van der Waals surface area contributed by atoms with Crippen molar-refractivity contribution in [1.29, 1.82) is 0 Å². The van der Waals surface area contributed by atoms with Crippen molar-refractivity contribution in [2.24, 2.45) is 5.92 Å². The van der Waals surface area contributed by atoms with Gasteiger partial charge < -0.3 is 5.32 Å². The van der Waals surface area contributed by atoms with E-state index in [1.165, 1.54) is 13.0 Å². The Morgan fingerprint density at radius 1 is 1.44 bits per heavy atom. The Morgan fingerprint density at radius 2 is 2.12 bits per heavy atom. The van der Waals surface area contributed by atoms with E-state index in [9.17, 15) is 13.6 Å². The number of rotatable bonds is 3. The molecule has 1 aromatic rings. The number of hydrogen-bond donors (Lipinski definition) is 1. The van der Waals surface area contributed by atoms with Gasteiger partial charge in [0.1, 0.15) is 11.6 Å². The smallest absolute Gasteiger partial charge is 0.169 e. The first-order valence-electron chi connectivity index (χ1n) is 5.28. The number of benzene rings is 1. The fourth-order valence-corrected chi connectivity index (χ4v) is 1.77. The van der Waals surface area contributed by atoms with E-state index in [4.69, 9.17) is 0 Å². The van der Waals surface area contributed by atoms with Crippen LogP contribution < -0.4 is 5.32 Å². The van der Waals surface area contributed by atoms with E-state index in [0.29, 0.717) is 5.56 Å². The third kappa shape index (κ3) is 1.97. The molecular weight excluding hydrogens is 212 g/mol. The van der Waals surface area contributed by atoms with Crippen molar-refractivity contribution >= 4 is 5.78 Å². The van der Waals surface area contributed by atoms with Crippen LogP contribution in [0.5, 0.6) is 0 Å². The number of carbonyl (C=O) groups excluding carboxylic acids is 1. The molecule has 0 amide bonds. The second kappa shape index (κ2) is 4.29. The van der Waals surface area contributed by atoms with Crippen molar-refractivity contribution in [3.05, 3.63) is 34.9 Å². The number of halogens is 2. The molecule has 2 nitrogen and oxygen atoms in total. The SMILES string of the molecule is Cc1ccc(F)c(C(=O)CC2CNC2)c1F. The van der Waals surface area contributed by atoms with E-state index < -0.39 is 17.4 Å². The first-order chi connectivity index (χ1) is 7.59. The van der Waals surface area contributed by atoms with Gasteiger partial charge in [0.15, 0.2) is 5.78 Å². The molecule has 0 atom stereocenters. The molecule has 86 valence electrons. The van der Waals surface area contributed by atoms with Gasteiger partial charge in [-0.2, -0.15) is 0 Å². The van der Waals surface area contributed by atoms with Crippen LogP contribution in [-0.4, -0.2) is 18.9 Å². The minimum absolute atomic E-state index is 0.213. The molecule has 0 aliphatic carbocycles. The summed E-state index contributed by atoms with van der Waals surface area (Å²) < 4.78 is 27.0. The van der Waals surface area contributed by atoms with E-state index in [1.807, 2.05) is 0 Å². The Labute approximate surface area is 92.7 Å². The van der Waals surface area contributed by atoms with E-state index >= 15 is 0 Å². The fourth-order valence-electron chi connectivity index (χ4n) is 1.77. The zero-order valence-corrected chi connectivity index (χ0v) is 9.02. The standard InChI is InChI=1S/C12H13F2NO/c1-7-2-3-9(13)11(12(7)14)10(16)4-8-5-15-6-8/h2-3,8,15H,4-6H2,1H3. The van der Waals surface area contributed by atoms with Crippen LogP contribution in [0, 0.1) is 24.5 Å². The molecule has 0 aromatic heterocycles. The van der Waals surface area contributed by atoms with Gasteiger partial charge in [0.2, 0.25) is 0 Å². The van der Waals surface area contributed by atoms with E-state index in [0.717, 1.165) is 19.2 Å². The quantitative estimate of drug-likeness (QED) is 0.798. The first kappa shape index (κ1) is 11.2. The highest BCUT2D eigenvalue weighted by Gasteiger charge is 2.25. The summed E-state index contributed by atoms with van der Waals surface area (Å²) in [7, 11) is 0. The number of Topliss-reactive ketones (excluding diaryl/α,β-unsaturated/α-hetero) is 1. The lowest BCUT2D eigenvalue weighted by molar-refractivity contribution is 0.0937. The summed E-state index contributed by atoms with van der Waals surface area (Å²) in [6.07, 6.45) is 0.213. The minimum Gasteiger partial charge on any atom is -0.316 e. The van der Waals surface area contributed by atoms with Crippen molar-refractivity contribution in [1.82, 2.24) is 5.32 Å². The largest absolute Gasteiger partial charge is 0.316 e. The zero-order chi connectivity index (χ0) is 11.7. The van der Waals surface area contributed by atoms with Crippen LogP contribution in [0.1, 0.15) is 22.3 Å². The molecule has 1 aliphatic heterocycles. The van der Waals surface area contributed by atoms with Crippen LogP contribution in [0.25, 0.3) is 0 Å². The summed E-state index contributed by atoms with van der Waals surface area (Å²) in [5, 5.41) is 3.02. The summed E-state index contributed by atoms with van der Waals surface area (Å²) in [6, 6.07) is 2.48. The van der Waals surface area contributed by atoms with Crippen LogP contribution in [0.15, 0.2) is 12.1 Å². The number of hydrogen-bond acceptors (Lipinski definition) is 2. The topological polar surface area (TPSA) is 29.1 Å². The van der Waals surface area contributed by atoms with Gasteiger partial charge in [-0.05, 0) is 37.6 Å². The second-order valence-corrected chi connectivity index (χ2v) is 4.20. The Kier molecular flexibility index (Phi) is 3.01. The summed E-state index contributed by atoms with van der Waals surface area (Å²) in [6.45, 7) is 3.03. The molecule has 0 radical (unpaired) electrons. The highest BCUT2D eigenvalue weighted by Crippen LogP contribution is 2.20. The molecule has 2 rings (SSSR count). The molecule has 1 N–H and O–H groups in total. The van der Waals surface area contributed by atoms with Crippen LogP contribution >= 0.6 is 0 Å². The molecule has 0 unspecified atom stereocenters. The highest BCUT2D eigenvalue weighted by atomic mass is 19.1. The molecule has 1 saturated heterocycles. The average Bonchev–Trinajstić information content (AvgIpc) is 2.18. The predicted molar refractivity (Wildman–Crippen MR) is 56.4 cm³/mol. The van der Waals surface area contributed by atoms with Gasteiger partial charge in [0.25, 0.3) is 0 Å². The molecule has 0 saturated carbocycles. The summed E-state index contributed by atoms with van der Waals surface area (Å²) in [5.41, 5.74) is -0.0802. The van der Waals surface area contributed by atoms with Gasteiger partial charge in [-0.1, -0.05) is 6.07 Å². The number of ketones is 1. The van der Waals surface area contributed by atoms with Gasteiger partial charge >= 0.3 is 0 Å². The number of aryl methyl sites for hydroxylation is 1. The molecule has 16 heavy (non-hydrogen) atoms. The fraction of sp³-hybridized carbons (Fsp3) is 0.417. The molecular formula is C12H13F2NO. The molecule has 0 bridgehead atoms. The van der Waals surface area contributed by atoms with Crippen molar-refractivity contribution in [2.45, 2.75) is 13.3 Å². The normalized spacial score (nSPS) is 15.9. The molecule has 0 spiro atoms. The lowest BCUT2D eigenvalue weighted by Gasteiger charge is -2.26. The maximum atomic E-state index is 13.6. The van der Waals surface area contributed by atoms with Crippen LogP contribution in [0.2, 0.25) is 0 Å². The molecule has 1 aliphatic rings. The average molecular weight is 225 g/mol. The summed E-state index contributed by atoms with van der Waals surface area (Å²) >= 11 is 0. The van der Waals surface area contributed by atoms with Gasteiger partial charge in [0, 0.05) is 6.42 Å². The van der Waals surface area contributed by atoms with Crippen molar-refractivity contribution in [2.75, 3.05) is 13.1 Å². The van der Waals surface area contributed by atoms with Gasteiger partial charge in [0.05, 0.1) is 5.56 Å². The van der Waals surface area contributed by atoms with Gasteiger partial charge in [-0.15, -0.1) is 0 Å². The minimum atomic E-state index is -0.764. The monoisotopic (exact) mass is 225 g/mol. The highest BCUT2D eigenvalue weighted by molar-refractivity contribution is 5.97. The molecule has 4 heteroatoms. The Hall–Kier alpha value is -1.29.